The molecule has 0 saturated carbocycles. The molecule has 1 unspecified atom stereocenters. The number of esters is 1. The summed E-state index contributed by atoms with van der Waals surface area (Å²) in [5, 5.41) is 0. The highest BCUT2D eigenvalue weighted by Gasteiger charge is 2.14. The molecule has 0 bridgehead atoms. The minimum Gasteiger partial charge on any atom is -0.465 e. The average Bonchev–Trinajstić information content (AvgIpc) is 2.24. The van der Waals surface area contributed by atoms with Gasteiger partial charge in [-0.15, -0.1) is 18.2 Å². The standard InChI is InChI=1S/C11H19NO2S/c1-3-5-6-7-14-11(13)10(12)9-15-8-4-2/h2,10H,3,5-9,12H2,1H3. The first-order valence-corrected chi connectivity index (χ1v) is 6.31. The molecule has 15 heavy (non-hydrogen) atoms. The Morgan fingerprint density at radius 3 is 2.93 bits per heavy atom. The van der Waals surface area contributed by atoms with E-state index in [2.05, 4.69) is 12.8 Å². The Bertz CT molecular complexity index is 213. The number of rotatable bonds is 8. The third kappa shape index (κ3) is 8.34. The molecule has 0 aromatic heterocycles. The lowest BCUT2D eigenvalue weighted by molar-refractivity contribution is -0.144. The number of terminal acetylenes is 1. The molecule has 86 valence electrons. The second kappa shape index (κ2) is 9.88. The predicted molar refractivity (Wildman–Crippen MR) is 64.6 cm³/mol. The van der Waals surface area contributed by atoms with E-state index in [1.807, 2.05) is 0 Å². The van der Waals surface area contributed by atoms with Crippen molar-refractivity contribution >= 4 is 17.7 Å². The summed E-state index contributed by atoms with van der Waals surface area (Å²) < 4.78 is 5.01. The molecule has 0 aliphatic heterocycles. The lowest BCUT2D eigenvalue weighted by Crippen LogP contribution is -2.34. The van der Waals surface area contributed by atoms with Crippen molar-refractivity contribution in [2.24, 2.45) is 5.73 Å². The molecule has 0 saturated heterocycles. The van der Waals surface area contributed by atoms with Crippen molar-refractivity contribution in [2.75, 3.05) is 18.1 Å². The topological polar surface area (TPSA) is 52.3 Å². The van der Waals surface area contributed by atoms with Gasteiger partial charge in [-0.1, -0.05) is 25.7 Å². The fraction of sp³-hybridized carbons (Fsp3) is 0.727. The van der Waals surface area contributed by atoms with Gasteiger partial charge < -0.3 is 10.5 Å². The fourth-order valence-electron chi connectivity index (χ4n) is 0.945. The van der Waals surface area contributed by atoms with Crippen molar-refractivity contribution in [3.05, 3.63) is 0 Å². The number of carbonyl (C=O) groups is 1. The molecule has 3 nitrogen and oxygen atoms in total. The summed E-state index contributed by atoms with van der Waals surface area (Å²) in [5.41, 5.74) is 5.61. The lowest BCUT2D eigenvalue weighted by atomic mass is 10.3. The number of carbonyl (C=O) groups excluding carboxylic acids is 1. The highest BCUT2D eigenvalue weighted by atomic mass is 32.2. The van der Waals surface area contributed by atoms with E-state index in [4.69, 9.17) is 16.9 Å². The predicted octanol–water partition coefficient (Wildman–Crippen LogP) is 1.41. The number of thioether (sulfide) groups is 1. The molecule has 0 radical (unpaired) electrons. The Morgan fingerprint density at radius 1 is 1.60 bits per heavy atom. The van der Waals surface area contributed by atoms with Crippen LogP contribution in [0, 0.1) is 12.3 Å². The summed E-state index contributed by atoms with van der Waals surface area (Å²) >= 11 is 1.47. The summed E-state index contributed by atoms with van der Waals surface area (Å²) in [6.45, 7) is 2.57. The van der Waals surface area contributed by atoms with Gasteiger partial charge in [0.05, 0.1) is 12.4 Å². The number of unbranched alkanes of at least 4 members (excludes halogenated alkanes) is 2. The first-order chi connectivity index (χ1) is 7.22. The Balaban J connectivity index is 3.48. The van der Waals surface area contributed by atoms with Crippen molar-refractivity contribution in [3.8, 4) is 12.3 Å². The molecule has 0 rings (SSSR count). The molecule has 4 heteroatoms. The van der Waals surface area contributed by atoms with Gasteiger partial charge in [0, 0.05) is 5.75 Å². The van der Waals surface area contributed by atoms with Crippen LogP contribution in [0.4, 0.5) is 0 Å². The molecule has 0 aliphatic rings. The quantitative estimate of drug-likeness (QED) is 0.388. The zero-order valence-corrected chi connectivity index (χ0v) is 10.0. The van der Waals surface area contributed by atoms with Crippen LogP contribution in [0.25, 0.3) is 0 Å². The number of hydrogen-bond acceptors (Lipinski definition) is 4. The maximum absolute atomic E-state index is 11.3. The van der Waals surface area contributed by atoms with Crippen molar-refractivity contribution < 1.29 is 9.53 Å². The van der Waals surface area contributed by atoms with E-state index < -0.39 is 6.04 Å². The minimum absolute atomic E-state index is 0.323. The molecular formula is C11H19NO2S. The monoisotopic (exact) mass is 229 g/mol. The van der Waals surface area contributed by atoms with E-state index in [-0.39, 0.29) is 5.97 Å². The van der Waals surface area contributed by atoms with Crippen LogP contribution in [0.2, 0.25) is 0 Å². The Labute approximate surface area is 96.1 Å². The maximum atomic E-state index is 11.3. The zero-order valence-electron chi connectivity index (χ0n) is 9.20. The molecule has 0 aromatic rings. The van der Waals surface area contributed by atoms with Crippen LogP contribution in [0.5, 0.6) is 0 Å². The molecule has 1 atom stereocenters. The molecule has 0 fully saturated rings. The Hall–Kier alpha value is -0.660. The van der Waals surface area contributed by atoms with Crippen LogP contribution in [0.3, 0.4) is 0 Å². The van der Waals surface area contributed by atoms with Crippen LogP contribution < -0.4 is 5.73 Å². The van der Waals surface area contributed by atoms with Crippen molar-refractivity contribution in [3.63, 3.8) is 0 Å². The van der Waals surface area contributed by atoms with E-state index in [0.29, 0.717) is 18.1 Å². The summed E-state index contributed by atoms with van der Waals surface area (Å²) in [6.07, 6.45) is 8.18. The van der Waals surface area contributed by atoms with Gasteiger partial charge in [-0.05, 0) is 6.42 Å². The largest absolute Gasteiger partial charge is 0.465 e. The number of nitrogens with two attached hydrogens (primary N) is 1. The normalized spacial score (nSPS) is 11.8. The summed E-state index contributed by atoms with van der Waals surface area (Å²) in [4.78, 5) is 11.3. The maximum Gasteiger partial charge on any atom is 0.323 e. The van der Waals surface area contributed by atoms with Crippen LogP contribution in [0.15, 0.2) is 0 Å². The van der Waals surface area contributed by atoms with Gasteiger partial charge in [-0.2, -0.15) is 0 Å². The minimum atomic E-state index is -0.551. The van der Waals surface area contributed by atoms with E-state index in [0.717, 1.165) is 19.3 Å². The highest BCUT2D eigenvalue weighted by molar-refractivity contribution is 7.99. The number of hydrogen-bond donors (Lipinski definition) is 1. The van der Waals surface area contributed by atoms with Crippen LogP contribution in [-0.4, -0.2) is 30.1 Å². The van der Waals surface area contributed by atoms with Gasteiger partial charge in [-0.3, -0.25) is 4.79 Å². The molecular weight excluding hydrogens is 210 g/mol. The van der Waals surface area contributed by atoms with Crippen molar-refractivity contribution in [2.45, 2.75) is 32.2 Å². The lowest BCUT2D eigenvalue weighted by Gasteiger charge is -2.10. The first-order valence-electron chi connectivity index (χ1n) is 5.15. The van der Waals surface area contributed by atoms with Gasteiger partial charge in [0.2, 0.25) is 0 Å². The first kappa shape index (κ1) is 14.3. The van der Waals surface area contributed by atoms with E-state index >= 15 is 0 Å². The zero-order chi connectivity index (χ0) is 11.5. The molecule has 0 amide bonds. The smallest absolute Gasteiger partial charge is 0.323 e. The third-order valence-corrected chi connectivity index (χ3v) is 2.74. The average molecular weight is 229 g/mol. The van der Waals surface area contributed by atoms with Gasteiger partial charge >= 0.3 is 5.97 Å². The highest BCUT2D eigenvalue weighted by Crippen LogP contribution is 2.02. The SMILES string of the molecule is C#CCSCC(N)C(=O)OCCCCC. The number of ether oxygens (including phenoxy) is 1. The van der Waals surface area contributed by atoms with Gasteiger partial charge in [-0.25, -0.2) is 0 Å². The van der Waals surface area contributed by atoms with Gasteiger partial charge in [0.25, 0.3) is 0 Å². The third-order valence-electron chi connectivity index (χ3n) is 1.78. The van der Waals surface area contributed by atoms with E-state index in [1.54, 1.807) is 0 Å². The molecule has 0 aliphatic carbocycles. The Morgan fingerprint density at radius 2 is 2.33 bits per heavy atom. The van der Waals surface area contributed by atoms with Gasteiger partial charge in [0.15, 0.2) is 0 Å². The van der Waals surface area contributed by atoms with Crippen LogP contribution in [0.1, 0.15) is 26.2 Å². The summed E-state index contributed by atoms with van der Waals surface area (Å²) in [6, 6.07) is -0.551. The summed E-state index contributed by atoms with van der Waals surface area (Å²) in [5.74, 6) is 3.26. The summed E-state index contributed by atoms with van der Waals surface area (Å²) in [7, 11) is 0. The molecule has 0 aromatic carbocycles. The fourth-order valence-corrected chi connectivity index (χ4v) is 1.57. The second-order valence-electron chi connectivity index (χ2n) is 3.20. The van der Waals surface area contributed by atoms with Crippen molar-refractivity contribution in [1.29, 1.82) is 0 Å². The Kier molecular flexibility index (Phi) is 9.44. The van der Waals surface area contributed by atoms with Crippen molar-refractivity contribution in [1.82, 2.24) is 0 Å². The van der Waals surface area contributed by atoms with Gasteiger partial charge in [0.1, 0.15) is 6.04 Å². The van der Waals surface area contributed by atoms with Crippen LogP contribution in [-0.2, 0) is 9.53 Å². The van der Waals surface area contributed by atoms with E-state index in [1.165, 1.54) is 11.8 Å². The molecule has 0 heterocycles. The molecule has 0 spiro atoms. The second-order valence-corrected chi connectivity index (χ2v) is 4.23. The van der Waals surface area contributed by atoms with E-state index in [9.17, 15) is 4.79 Å². The molecule has 2 N–H and O–H groups in total. The van der Waals surface area contributed by atoms with Crippen LogP contribution >= 0.6 is 11.8 Å².